The van der Waals surface area contributed by atoms with Crippen molar-refractivity contribution in [2.75, 3.05) is 0 Å². The Morgan fingerprint density at radius 3 is 2.42 bits per heavy atom. The molecule has 0 spiro atoms. The first-order valence-electron chi connectivity index (χ1n) is 9.54. The summed E-state index contributed by atoms with van der Waals surface area (Å²) in [7, 11) is 0. The van der Waals surface area contributed by atoms with E-state index in [1.165, 1.54) is 0 Å². The summed E-state index contributed by atoms with van der Waals surface area (Å²) < 4.78 is 5.73. The van der Waals surface area contributed by atoms with E-state index < -0.39 is 40.8 Å². The molecular weight excluding hydrogens is 336 g/mol. The third kappa shape index (κ3) is 1.89. The van der Waals surface area contributed by atoms with E-state index in [0.29, 0.717) is 18.4 Å². The molecule has 2 saturated carbocycles. The van der Waals surface area contributed by atoms with Crippen LogP contribution in [0.25, 0.3) is 0 Å². The van der Waals surface area contributed by atoms with Crippen molar-refractivity contribution in [2.45, 2.75) is 65.3 Å². The summed E-state index contributed by atoms with van der Waals surface area (Å²) in [6, 6.07) is 0. The lowest BCUT2D eigenvalue weighted by molar-refractivity contribution is -0.254. The van der Waals surface area contributed by atoms with Gasteiger partial charge in [-0.15, -0.1) is 0 Å². The molecule has 9 atom stereocenters. The number of ketones is 1. The molecule has 0 aromatic rings. The van der Waals surface area contributed by atoms with E-state index in [1.807, 2.05) is 20.8 Å². The number of ether oxygens (including phenoxy) is 1. The van der Waals surface area contributed by atoms with Crippen molar-refractivity contribution in [3.63, 3.8) is 0 Å². The molecule has 0 amide bonds. The minimum atomic E-state index is -1.06. The number of aliphatic hydroxyl groups excluding tert-OH is 3. The maximum absolute atomic E-state index is 13.3. The predicted octanol–water partition coefficient (Wildman–Crippen LogP) is 1.74. The standard InChI is InChI=1S/C20H28O6/c1-8-5-12(21)18(25)20(4)10(8)6-13-19(3)11(7-14(22)26-13)9(2)15(23)16(24)17(19)20/h8,10-13,17-18,21,23,25H,5-7H2,1-4H3/t8-,10+,11+,12+,13-,17+,18+,19-,20+/m1/s1. The highest BCUT2D eigenvalue weighted by molar-refractivity contribution is 5.98. The Hall–Kier alpha value is -1.40. The van der Waals surface area contributed by atoms with Crippen molar-refractivity contribution >= 4 is 11.8 Å². The second-order valence-corrected chi connectivity index (χ2v) is 9.36. The van der Waals surface area contributed by atoms with Gasteiger partial charge in [-0.3, -0.25) is 9.59 Å². The van der Waals surface area contributed by atoms with E-state index in [9.17, 15) is 24.9 Å². The van der Waals surface area contributed by atoms with Crippen LogP contribution in [0.15, 0.2) is 11.3 Å². The topological polar surface area (TPSA) is 104 Å². The van der Waals surface area contributed by atoms with Crippen LogP contribution in [0.5, 0.6) is 0 Å². The Labute approximate surface area is 153 Å². The first kappa shape index (κ1) is 18.0. The van der Waals surface area contributed by atoms with Gasteiger partial charge in [0.25, 0.3) is 0 Å². The second-order valence-electron chi connectivity index (χ2n) is 9.36. The van der Waals surface area contributed by atoms with E-state index in [0.717, 1.165) is 0 Å². The number of aliphatic hydroxyl groups is 3. The van der Waals surface area contributed by atoms with Gasteiger partial charge in [-0.2, -0.15) is 0 Å². The lowest BCUT2D eigenvalue weighted by atomic mass is 9.39. The highest BCUT2D eigenvalue weighted by Gasteiger charge is 2.71. The molecule has 26 heavy (non-hydrogen) atoms. The number of esters is 1. The van der Waals surface area contributed by atoms with E-state index in [-0.39, 0.29) is 35.9 Å². The number of fused-ring (bicyclic) bond motifs is 2. The van der Waals surface area contributed by atoms with Gasteiger partial charge in [-0.25, -0.2) is 0 Å². The van der Waals surface area contributed by atoms with E-state index in [4.69, 9.17) is 4.74 Å². The van der Waals surface area contributed by atoms with Crippen molar-refractivity contribution < 1.29 is 29.6 Å². The maximum atomic E-state index is 13.3. The lowest BCUT2D eigenvalue weighted by Crippen LogP contribution is -2.71. The fourth-order valence-corrected chi connectivity index (χ4v) is 7.01. The van der Waals surface area contributed by atoms with Crippen LogP contribution in [0.3, 0.4) is 0 Å². The summed E-state index contributed by atoms with van der Waals surface area (Å²) in [5.74, 6) is -1.98. The number of Topliss-reactive ketones (excluding diaryl/α,β-unsaturated/α-hetero) is 1. The van der Waals surface area contributed by atoms with Crippen LogP contribution in [0.2, 0.25) is 0 Å². The van der Waals surface area contributed by atoms with Crippen molar-refractivity contribution in [2.24, 2.45) is 34.5 Å². The highest BCUT2D eigenvalue weighted by Crippen LogP contribution is 2.67. The first-order chi connectivity index (χ1) is 12.0. The molecule has 0 radical (unpaired) electrons. The van der Waals surface area contributed by atoms with Gasteiger partial charge < -0.3 is 20.1 Å². The van der Waals surface area contributed by atoms with Gasteiger partial charge in [0.2, 0.25) is 5.78 Å². The molecule has 3 fully saturated rings. The van der Waals surface area contributed by atoms with Gasteiger partial charge in [0, 0.05) is 22.7 Å². The summed E-state index contributed by atoms with van der Waals surface area (Å²) in [5.41, 5.74) is -1.03. The molecule has 0 unspecified atom stereocenters. The van der Waals surface area contributed by atoms with Gasteiger partial charge in [0.1, 0.15) is 6.10 Å². The quantitative estimate of drug-likeness (QED) is 0.566. The number of carbonyl (C=O) groups is 2. The van der Waals surface area contributed by atoms with Crippen LogP contribution < -0.4 is 0 Å². The monoisotopic (exact) mass is 364 g/mol. The highest BCUT2D eigenvalue weighted by atomic mass is 16.5. The van der Waals surface area contributed by atoms with Crippen LogP contribution in [0.1, 0.15) is 47.0 Å². The molecule has 4 rings (SSSR count). The minimum absolute atomic E-state index is 0.0731. The Bertz CT molecular complexity index is 713. The third-order valence-electron chi connectivity index (χ3n) is 8.29. The smallest absolute Gasteiger partial charge is 0.306 e. The van der Waals surface area contributed by atoms with Crippen molar-refractivity contribution in [3.8, 4) is 0 Å². The van der Waals surface area contributed by atoms with E-state index >= 15 is 0 Å². The molecule has 4 aliphatic rings. The number of hydrogen-bond donors (Lipinski definition) is 3. The lowest BCUT2D eigenvalue weighted by Gasteiger charge is -2.66. The van der Waals surface area contributed by atoms with Crippen LogP contribution in [0.4, 0.5) is 0 Å². The normalized spacial score (nSPS) is 53.7. The van der Waals surface area contributed by atoms with Crippen LogP contribution in [-0.4, -0.2) is 45.4 Å². The number of allylic oxidation sites excluding steroid dienone is 2. The van der Waals surface area contributed by atoms with E-state index in [2.05, 4.69) is 0 Å². The van der Waals surface area contributed by atoms with Gasteiger partial charge in [0.15, 0.2) is 5.76 Å². The summed E-state index contributed by atoms with van der Waals surface area (Å²) in [5, 5.41) is 32.0. The zero-order valence-corrected chi connectivity index (χ0v) is 15.7. The van der Waals surface area contributed by atoms with E-state index in [1.54, 1.807) is 6.92 Å². The molecule has 0 aromatic heterocycles. The van der Waals surface area contributed by atoms with Crippen LogP contribution in [-0.2, 0) is 14.3 Å². The fourth-order valence-electron chi connectivity index (χ4n) is 7.01. The Balaban J connectivity index is 1.95. The van der Waals surface area contributed by atoms with Crippen molar-refractivity contribution in [3.05, 3.63) is 11.3 Å². The molecule has 1 heterocycles. The zero-order chi connectivity index (χ0) is 19.2. The molecule has 1 saturated heterocycles. The molecule has 0 aromatic carbocycles. The number of rotatable bonds is 0. The summed E-state index contributed by atoms with van der Waals surface area (Å²) in [6.07, 6.45) is -1.24. The average molecular weight is 364 g/mol. The van der Waals surface area contributed by atoms with Crippen molar-refractivity contribution in [1.82, 2.24) is 0 Å². The zero-order valence-electron chi connectivity index (χ0n) is 15.7. The molecule has 0 bridgehead atoms. The largest absolute Gasteiger partial charge is 0.504 e. The molecule has 6 nitrogen and oxygen atoms in total. The molecule has 3 aliphatic carbocycles. The number of hydrogen-bond acceptors (Lipinski definition) is 6. The predicted molar refractivity (Wildman–Crippen MR) is 91.9 cm³/mol. The molecular formula is C20H28O6. The fraction of sp³-hybridized carbons (Fsp3) is 0.800. The second kappa shape index (κ2) is 5.32. The SMILES string of the molecule is CC1=C(O)C(=O)[C@H]2[C@@]3(C)[C@@H](C[C@H]4[C@H](C)C[C@H](O)[C@H](O)[C@]24C)OC(=O)C[C@@H]13. The van der Waals surface area contributed by atoms with Crippen LogP contribution in [0, 0.1) is 34.5 Å². The third-order valence-corrected chi connectivity index (χ3v) is 8.29. The Morgan fingerprint density at radius 1 is 1.12 bits per heavy atom. The number of carbonyl (C=O) groups excluding carboxylic acids is 2. The maximum Gasteiger partial charge on any atom is 0.306 e. The Morgan fingerprint density at radius 2 is 1.77 bits per heavy atom. The van der Waals surface area contributed by atoms with Crippen LogP contribution >= 0.6 is 0 Å². The van der Waals surface area contributed by atoms with Gasteiger partial charge in [-0.1, -0.05) is 20.8 Å². The molecule has 144 valence electrons. The molecule has 1 aliphatic heterocycles. The summed E-state index contributed by atoms with van der Waals surface area (Å²) >= 11 is 0. The minimum Gasteiger partial charge on any atom is -0.504 e. The van der Waals surface area contributed by atoms with Gasteiger partial charge >= 0.3 is 5.97 Å². The Kier molecular flexibility index (Phi) is 3.68. The molecule has 3 N–H and O–H groups in total. The molecule has 6 heteroatoms. The van der Waals surface area contributed by atoms with Gasteiger partial charge in [-0.05, 0) is 37.2 Å². The van der Waals surface area contributed by atoms with Crippen molar-refractivity contribution in [1.29, 1.82) is 0 Å². The first-order valence-corrected chi connectivity index (χ1v) is 9.54. The summed E-state index contributed by atoms with van der Waals surface area (Å²) in [4.78, 5) is 25.5. The van der Waals surface area contributed by atoms with Gasteiger partial charge in [0.05, 0.1) is 18.6 Å². The summed E-state index contributed by atoms with van der Waals surface area (Å²) in [6.45, 7) is 7.54. The average Bonchev–Trinajstić information content (AvgIpc) is 2.56.